The smallest absolute Gasteiger partial charge is 0.240 e. The summed E-state index contributed by atoms with van der Waals surface area (Å²) in [5, 5.41) is 3.28. The van der Waals surface area contributed by atoms with E-state index < -0.39 is 0 Å². The van der Waals surface area contributed by atoms with Gasteiger partial charge in [0.1, 0.15) is 0 Å². The minimum atomic E-state index is 0.182. The van der Waals surface area contributed by atoms with E-state index in [1.165, 1.54) is 5.56 Å². The highest BCUT2D eigenvalue weighted by atomic mass is 16.2. The number of para-hydroxylation sites is 1. The summed E-state index contributed by atoms with van der Waals surface area (Å²) in [6.45, 7) is 9.58. The van der Waals surface area contributed by atoms with Crippen LogP contribution in [-0.4, -0.2) is 50.1 Å². The number of rotatable bonds is 7. The number of amides is 1. The number of fused-ring (bicyclic) bond motifs is 1. The molecule has 0 fully saturated rings. The predicted molar refractivity (Wildman–Crippen MR) is 87.8 cm³/mol. The second-order valence-electron chi connectivity index (χ2n) is 5.48. The third-order valence-corrected chi connectivity index (χ3v) is 4.19. The normalized spacial score (nSPS) is 14.3. The van der Waals surface area contributed by atoms with Crippen LogP contribution < -0.4 is 10.2 Å². The molecule has 0 spiro atoms. The van der Waals surface area contributed by atoms with Crippen molar-refractivity contribution in [3.05, 3.63) is 29.8 Å². The molecule has 1 heterocycles. The molecule has 0 radical (unpaired) electrons. The molecule has 1 aliphatic rings. The van der Waals surface area contributed by atoms with Gasteiger partial charge in [0.05, 0.1) is 6.54 Å². The number of carbonyl (C=O) groups excluding carboxylic acids is 1. The number of hydrogen-bond donors (Lipinski definition) is 1. The number of carbonyl (C=O) groups is 1. The zero-order chi connectivity index (χ0) is 15.1. The number of hydrogen-bond acceptors (Lipinski definition) is 3. The Hall–Kier alpha value is -1.39. The summed E-state index contributed by atoms with van der Waals surface area (Å²) in [5.41, 5.74) is 2.39. The Labute approximate surface area is 128 Å². The van der Waals surface area contributed by atoms with Crippen molar-refractivity contribution >= 4 is 11.6 Å². The summed E-state index contributed by atoms with van der Waals surface area (Å²) < 4.78 is 0. The second kappa shape index (κ2) is 8.15. The molecule has 116 valence electrons. The molecule has 1 aromatic rings. The van der Waals surface area contributed by atoms with Gasteiger partial charge in [-0.15, -0.1) is 0 Å². The number of nitrogens with one attached hydrogen (secondary N) is 1. The van der Waals surface area contributed by atoms with Gasteiger partial charge >= 0.3 is 0 Å². The van der Waals surface area contributed by atoms with Gasteiger partial charge in [0, 0.05) is 25.3 Å². The first-order chi connectivity index (χ1) is 10.3. The number of benzene rings is 1. The van der Waals surface area contributed by atoms with Gasteiger partial charge in [-0.1, -0.05) is 32.0 Å². The predicted octanol–water partition coefficient (Wildman–Crippen LogP) is 1.90. The Bertz CT molecular complexity index is 457. The first-order valence-corrected chi connectivity index (χ1v) is 8.07. The zero-order valence-corrected chi connectivity index (χ0v) is 13.3. The molecule has 4 nitrogen and oxygen atoms in total. The molecular weight excluding hydrogens is 262 g/mol. The third kappa shape index (κ3) is 4.29. The Morgan fingerprint density at radius 1 is 1.29 bits per heavy atom. The number of likely N-dealkylation sites (N-methyl/N-ethyl adjacent to an activating group) is 1. The van der Waals surface area contributed by atoms with Crippen LogP contribution in [0.4, 0.5) is 5.69 Å². The molecule has 0 saturated carbocycles. The maximum Gasteiger partial charge on any atom is 0.240 e. The quantitative estimate of drug-likeness (QED) is 0.779. The van der Waals surface area contributed by atoms with Crippen LogP contribution in [0, 0.1) is 0 Å². The molecule has 0 aromatic heterocycles. The van der Waals surface area contributed by atoms with Crippen LogP contribution in [0.15, 0.2) is 24.3 Å². The first kappa shape index (κ1) is 16.0. The fourth-order valence-electron chi connectivity index (χ4n) is 2.86. The van der Waals surface area contributed by atoms with Crippen LogP contribution in [0.5, 0.6) is 0 Å². The van der Waals surface area contributed by atoms with Crippen LogP contribution in [0.1, 0.15) is 25.8 Å². The summed E-state index contributed by atoms with van der Waals surface area (Å²) >= 11 is 0. The molecule has 2 rings (SSSR count). The molecule has 21 heavy (non-hydrogen) atoms. The summed E-state index contributed by atoms with van der Waals surface area (Å²) in [5.74, 6) is 0.182. The van der Waals surface area contributed by atoms with Gasteiger partial charge in [0.25, 0.3) is 0 Å². The van der Waals surface area contributed by atoms with E-state index in [-0.39, 0.29) is 5.91 Å². The molecule has 1 aromatic carbocycles. The second-order valence-corrected chi connectivity index (χ2v) is 5.48. The highest BCUT2D eigenvalue weighted by molar-refractivity contribution is 5.95. The fraction of sp³-hybridized carbons (Fsp3) is 0.588. The molecule has 0 bridgehead atoms. The number of aryl methyl sites for hydroxylation is 1. The van der Waals surface area contributed by atoms with Gasteiger partial charge in [0.15, 0.2) is 0 Å². The van der Waals surface area contributed by atoms with Crippen molar-refractivity contribution in [2.75, 3.05) is 44.2 Å². The van der Waals surface area contributed by atoms with E-state index in [4.69, 9.17) is 0 Å². The van der Waals surface area contributed by atoms with Crippen LogP contribution >= 0.6 is 0 Å². The number of anilines is 1. The SMILES string of the molecule is CCN(CC)CCNCC(=O)N1CCCc2ccccc21. The molecule has 0 aliphatic carbocycles. The lowest BCUT2D eigenvalue weighted by molar-refractivity contribution is -0.117. The van der Waals surface area contributed by atoms with Crippen molar-refractivity contribution in [3.63, 3.8) is 0 Å². The van der Waals surface area contributed by atoms with Gasteiger partial charge in [-0.2, -0.15) is 0 Å². The van der Waals surface area contributed by atoms with E-state index in [1.54, 1.807) is 0 Å². The monoisotopic (exact) mass is 289 g/mol. The van der Waals surface area contributed by atoms with Gasteiger partial charge in [-0.05, 0) is 37.6 Å². The average molecular weight is 289 g/mol. The van der Waals surface area contributed by atoms with Gasteiger partial charge in [0.2, 0.25) is 5.91 Å². The molecule has 0 saturated heterocycles. The van der Waals surface area contributed by atoms with Gasteiger partial charge < -0.3 is 15.1 Å². The first-order valence-electron chi connectivity index (χ1n) is 8.07. The van der Waals surface area contributed by atoms with Crippen LogP contribution in [0.3, 0.4) is 0 Å². The van der Waals surface area contributed by atoms with E-state index in [0.717, 1.165) is 51.3 Å². The van der Waals surface area contributed by atoms with Crippen molar-refractivity contribution in [3.8, 4) is 0 Å². The van der Waals surface area contributed by atoms with E-state index in [9.17, 15) is 4.79 Å². The minimum absolute atomic E-state index is 0.182. The van der Waals surface area contributed by atoms with Crippen molar-refractivity contribution in [2.45, 2.75) is 26.7 Å². The zero-order valence-electron chi connectivity index (χ0n) is 13.3. The number of nitrogens with zero attached hydrogens (tertiary/aromatic N) is 2. The Morgan fingerprint density at radius 3 is 2.81 bits per heavy atom. The Kier molecular flexibility index (Phi) is 6.21. The molecule has 1 amide bonds. The van der Waals surface area contributed by atoms with Crippen molar-refractivity contribution in [1.82, 2.24) is 10.2 Å². The maximum absolute atomic E-state index is 12.4. The highest BCUT2D eigenvalue weighted by Crippen LogP contribution is 2.26. The van der Waals surface area contributed by atoms with E-state index in [0.29, 0.717) is 6.54 Å². The lowest BCUT2D eigenvalue weighted by atomic mass is 10.0. The molecule has 1 N–H and O–H groups in total. The summed E-state index contributed by atoms with van der Waals surface area (Å²) in [7, 11) is 0. The maximum atomic E-state index is 12.4. The summed E-state index contributed by atoms with van der Waals surface area (Å²) in [6.07, 6.45) is 2.14. The van der Waals surface area contributed by atoms with E-state index in [2.05, 4.69) is 42.3 Å². The lowest BCUT2D eigenvalue weighted by Gasteiger charge is -2.29. The highest BCUT2D eigenvalue weighted by Gasteiger charge is 2.21. The molecule has 0 atom stereocenters. The van der Waals surface area contributed by atoms with Gasteiger partial charge in [-0.3, -0.25) is 4.79 Å². The molecular formula is C17H27N3O. The lowest BCUT2D eigenvalue weighted by Crippen LogP contribution is -2.42. The van der Waals surface area contributed by atoms with Crippen molar-refractivity contribution < 1.29 is 4.79 Å². The van der Waals surface area contributed by atoms with Crippen molar-refractivity contribution in [1.29, 1.82) is 0 Å². The summed E-state index contributed by atoms with van der Waals surface area (Å²) in [6, 6.07) is 8.25. The van der Waals surface area contributed by atoms with Crippen LogP contribution in [-0.2, 0) is 11.2 Å². The average Bonchev–Trinajstić information content (AvgIpc) is 2.54. The topological polar surface area (TPSA) is 35.6 Å². The Morgan fingerprint density at radius 2 is 2.05 bits per heavy atom. The van der Waals surface area contributed by atoms with E-state index >= 15 is 0 Å². The fourth-order valence-corrected chi connectivity index (χ4v) is 2.86. The molecule has 4 heteroatoms. The molecule has 1 aliphatic heterocycles. The van der Waals surface area contributed by atoms with Crippen LogP contribution in [0.25, 0.3) is 0 Å². The standard InChI is InChI=1S/C17H27N3O/c1-3-19(4-2)13-11-18-14-17(21)20-12-7-9-15-8-5-6-10-16(15)20/h5-6,8,10,18H,3-4,7,9,11-14H2,1-2H3. The summed E-state index contributed by atoms with van der Waals surface area (Å²) in [4.78, 5) is 16.7. The van der Waals surface area contributed by atoms with Crippen molar-refractivity contribution in [2.24, 2.45) is 0 Å². The molecule has 0 unspecified atom stereocenters. The van der Waals surface area contributed by atoms with Gasteiger partial charge in [-0.25, -0.2) is 0 Å². The minimum Gasteiger partial charge on any atom is -0.311 e. The largest absolute Gasteiger partial charge is 0.311 e. The van der Waals surface area contributed by atoms with E-state index in [1.807, 2.05) is 11.0 Å². The third-order valence-electron chi connectivity index (χ3n) is 4.19. The van der Waals surface area contributed by atoms with Crippen LogP contribution in [0.2, 0.25) is 0 Å². The Balaban J connectivity index is 1.82.